The number of nitrogens with one attached hydrogen (secondary N) is 1. The van der Waals surface area contributed by atoms with Crippen molar-refractivity contribution in [2.24, 2.45) is 0 Å². The average molecular weight is 219 g/mol. The van der Waals surface area contributed by atoms with Crippen LogP contribution in [-0.4, -0.2) is 28.0 Å². The molecule has 1 rings (SSSR count). The highest BCUT2D eigenvalue weighted by atomic mass is 16.4. The van der Waals surface area contributed by atoms with E-state index in [-0.39, 0.29) is 5.69 Å². The molecule has 6 nitrogen and oxygen atoms in total. The van der Waals surface area contributed by atoms with Gasteiger partial charge in [-0.05, 0) is 19.1 Å². The predicted octanol–water partition coefficient (Wildman–Crippen LogP) is 0.156. The highest BCUT2D eigenvalue weighted by Crippen LogP contribution is 1.99. The Morgan fingerprint density at radius 3 is 2.69 bits per heavy atom. The Hall–Kier alpha value is -2.42. The molecule has 0 aliphatic heterocycles. The van der Waals surface area contributed by atoms with Crippen LogP contribution in [0.25, 0.3) is 0 Å². The van der Waals surface area contributed by atoms with E-state index in [0.717, 1.165) is 0 Å². The molecule has 1 heterocycles. The van der Waals surface area contributed by atoms with E-state index in [4.69, 9.17) is 10.4 Å². The first-order valence-corrected chi connectivity index (χ1v) is 4.44. The molecule has 82 valence electrons. The Kier molecular flexibility index (Phi) is 3.56. The molecule has 16 heavy (non-hydrogen) atoms. The van der Waals surface area contributed by atoms with Gasteiger partial charge >= 0.3 is 5.97 Å². The molecule has 0 aliphatic rings. The van der Waals surface area contributed by atoms with Crippen molar-refractivity contribution in [3.8, 4) is 6.07 Å². The van der Waals surface area contributed by atoms with Crippen LogP contribution in [0.1, 0.15) is 23.0 Å². The molecule has 2 N–H and O–H groups in total. The summed E-state index contributed by atoms with van der Waals surface area (Å²) in [4.78, 5) is 25.7. The molecule has 6 heteroatoms. The van der Waals surface area contributed by atoms with Crippen LogP contribution in [0.15, 0.2) is 18.3 Å². The fourth-order valence-corrected chi connectivity index (χ4v) is 0.927. The van der Waals surface area contributed by atoms with E-state index in [1.54, 1.807) is 0 Å². The number of aliphatic carboxylic acids is 1. The van der Waals surface area contributed by atoms with Crippen LogP contribution in [0.4, 0.5) is 0 Å². The molecule has 1 amide bonds. The van der Waals surface area contributed by atoms with Crippen molar-refractivity contribution in [2.45, 2.75) is 13.0 Å². The van der Waals surface area contributed by atoms with Crippen LogP contribution >= 0.6 is 0 Å². The first-order chi connectivity index (χ1) is 7.54. The summed E-state index contributed by atoms with van der Waals surface area (Å²) in [6.45, 7) is 1.35. The zero-order valence-corrected chi connectivity index (χ0v) is 8.47. The number of nitrogens with zero attached hydrogens (tertiary/aromatic N) is 2. The van der Waals surface area contributed by atoms with Crippen molar-refractivity contribution in [2.75, 3.05) is 0 Å². The number of hydrogen-bond donors (Lipinski definition) is 2. The van der Waals surface area contributed by atoms with Gasteiger partial charge < -0.3 is 10.4 Å². The molecule has 1 unspecified atom stereocenters. The Morgan fingerprint density at radius 2 is 2.25 bits per heavy atom. The average Bonchev–Trinajstić information content (AvgIpc) is 2.28. The third-order valence-corrected chi connectivity index (χ3v) is 1.84. The molecule has 0 aromatic carbocycles. The van der Waals surface area contributed by atoms with Crippen molar-refractivity contribution in [3.05, 3.63) is 29.6 Å². The molecule has 0 bridgehead atoms. The van der Waals surface area contributed by atoms with Crippen molar-refractivity contribution in [1.29, 1.82) is 5.26 Å². The van der Waals surface area contributed by atoms with E-state index in [1.165, 1.54) is 25.3 Å². The fourth-order valence-electron chi connectivity index (χ4n) is 0.927. The van der Waals surface area contributed by atoms with Gasteiger partial charge in [-0.2, -0.15) is 5.26 Å². The minimum atomic E-state index is -1.12. The quantitative estimate of drug-likeness (QED) is 0.753. The predicted molar refractivity (Wildman–Crippen MR) is 53.5 cm³/mol. The van der Waals surface area contributed by atoms with E-state index >= 15 is 0 Å². The van der Waals surface area contributed by atoms with Crippen LogP contribution in [0, 0.1) is 11.3 Å². The summed E-state index contributed by atoms with van der Waals surface area (Å²) in [7, 11) is 0. The van der Waals surface area contributed by atoms with E-state index in [1.807, 2.05) is 6.07 Å². The van der Waals surface area contributed by atoms with Gasteiger partial charge in [-0.25, -0.2) is 4.98 Å². The van der Waals surface area contributed by atoms with Crippen molar-refractivity contribution < 1.29 is 14.7 Å². The van der Waals surface area contributed by atoms with Crippen molar-refractivity contribution >= 4 is 11.9 Å². The molecule has 1 aromatic heterocycles. The maximum absolute atomic E-state index is 11.4. The molecule has 0 radical (unpaired) electrons. The van der Waals surface area contributed by atoms with E-state index < -0.39 is 17.9 Å². The third-order valence-electron chi connectivity index (χ3n) is 1.84. The number of pyridine rings is 1. The van der Waals surface area contributed by atoms with Gasteiger partial charge in [-0.15, -0.1) is 0 Å². The number of carboxylic acids is 1. The molecule has 0 fully saturated rings. The van der Waals surface area contributed by atoms with Crippen molar-refractivity contribution in [1.82, 2.24) is 10.3 Å². The number of amides is 1. The highest BCUT2D eigenvalue weighted by Gasteiger charge is 2.15. The first-order valence-electron chi connectivity index (χ1n) is 4.44. The summed E-state index contributed by atoms with van der Waals surface area (Å²) in [5.41, 5.74) is 0.412. The van der Waals surface area contributed by atoms with E-state index in [2.05, 4.69) is 10.3 Å². The van der Waals surface area contributed by atoms with Crippen LogP contribution in [0.2, 0.25) is 0 Å². The third kappa shape index (κ3) is 2.78. The summed E-state index contributed by atoms with van der Waals surface area (Å²) < 4.78 is 0. The van der Waals surface area contributed by atoms with Gasteiger partial charge in [0.25, 0.3) is 5.91 Å². The molecule has 0 spiro atoms. The second-order valence-electron chi connectivity index (χ2n) is 3.08. The second kappa shape index (κ2) is 4.89. The molecule has 0 saturated heterocycles. The van der Waals surface area contributed by atoms with Crippen LogP contribution in [-0.2, 0) is 4.79 Å². The number of hydrogen-bond acceptors (Lipinski definition) is 4. The normalized spacial score (nSPS) is 11.2. The monoisotopic (exact) mass is 219 g/mol. The molecular weight excluding hydrogens is 210 g/mol. The van der Waals surface area contributed by atoms with E-state index in [9.17, 15) is 9.59 Å². The lowest BCUT2D eigenvalue weighted by Gasteiger charge is -2.08. The summed E-state index contributed by atoms with van der Waals surface area (Å²) >= 11 is 0. The van der Waals surface area contributed by atoms with Gasteiger partial charge in [0.05, 0.1) is 5.56 Å². The van der Waals surface area contributed by atoms with Gasteiger partial charge in [0, 0.05) is 6.20 Å². The zero-order valence-electron chi connectivity index (χ0n) is 8.47. The number of carbonyl (C=O) groups excluding carboxylic acids is 1. The highest BCUT2D eigenvalue weighted by molar-refractivity contribution is 5.94. The molecule has 1 aromatic rings. The minimum Gasteiger partial charge on any atom is -0.480 e. The SMILES string of the molecule is CC(NC(=O)c1ccc(C#N)cn1)C(=O)O. The summed E-state index contributed by atoms with van der Waals surface area (Å²) in [6, 6.07) is 3.68. The van der Waals surface area contributed by atoms with Crippen LogP contribution in [0.5, 0.6) is 0 Å². The zero-order chi connectivity index (χ0) is 12.1. The van der Waals surface area contributed by atoms with Gasteiger partial charge in [0.1, 0.15) is 17.8 Å². The number of nitriles is 1. The maximum Gasteiger partial charge on any atom is 0.325 e. The Labute approximate surface area is 91.5 Å². The maximum atomic E-state index is 11.4. The molecule has 0 aliphatic carbocycles. The Morgan fingerprint density at radius 1 is 1.56 bits per heavy atom. The molecule has 0 saturated carbocycles. The molecular formula is C10H9N3O3. The lowest BCUT2D eigenvalue weighted by Crippen LogP contribution is -2.38. The van der Waals surface area contributed by atoms with Crippen molar-refractivity contribution in [3.63, 3.8) is 0 Å². The number of carbonyl (C=O) groups is 2. The largest absolute Gasteiger partial charge is 0.480 e. The second-order valence-corrected chi connectivity index (χ2v) is 3.08. The van der Waals surface area contributed by atoms with E-state index in [0.29, 0.717) is 5.56 Å². The van der Waals surface area contributed by atoms with Gasteiger partial charge in [0.15, 0.2) is 0 Å². The minimum absolute atomic E-state index is 0.0760. The first kappa shape index (κ1) is 11.7. The summed E-state index contributed by atoms with van der Waals surface area (Å²) in [5, 5.41) is 19.3. The smallest absolute Gasteiger partial charge is 0.325 e. The number of carboxylic acid groups (broad SMARTS) is 1. The Bertz CT molecular complexity index is 447. The fraction of sp³-hybridized carbons (Fsp3) is 0.200. The van der Waals surface area contributed by atoms with Crippen LogP contribution in [0.3, 0.4) is 0 Å². The van der Waals surface area contributed by atoms with Gasteiger partial charge in [0.2, 0.25) is 0 Å². The topological polar surface area (TPSA) is 103 Å². The standard InChI is InChI=1S/C10H9N3O3/c1-6(10(15)16)13-9(14)8-3-2-7(4-11)5-12-8/h2-3,5-6H,1H3,(H,13,14)(H,15,16). The summed E-state index contributed by atoms with van der Waals surface area (Å²) in [6.07, 6.45) is 1.25. The van der Waals surface area contributed by atoms with Crippen LogP contribution < -0.4 is 5.32 Å². The lowest BCUT2D eigenvalue weighted by atomic mass is 10.2. The van der Waals surface area contributed by atoms with Gasteiger partial charge in [-0.1, -0.05) is 0 Å². The number of aromatic nitrogens is 1. The molecule has 1 atom stereocenters. The van der Waals surface area contributed by atoms with Gasteiger partial charge in [-0.3, -0.25) is 9.59 Å². The summed E-state index contributed by atoms with van der Waals surface area (Å²) in [5.74, 6) is -1.71. The Balaban J connectivity index is 2.74. The lowest BCUT2D eigenvalue weighted by molar-refractivity contribution is -0.138. The number of rotatable bonds is 3.